The standard InChI is InChI=1S/C15H27NO2/c1-2-5-12-8-10-15(11-9-12,14(17)18)16-13-6-3-4-7-13/h12-13,16H,2-11H2,1H3,(H,17,18). The molecule has 2 aliphatic carbocycles. The fourth-order valence-corrected chi connectivity index (χ4v) is 3.75. The second kappa shape index (κ2) is 6.05. The third kappa shape index (κ3) is 3.05. The number of rotatable bonds is 5. The van der Waals surface area contributed by atoms with E-state index >= 15 is 0 Å². The normalized spacial score (nSPS) is 33.7. The summed E-state index contributed by atoms with van der Waals surface area (Å²) in [6.07, 6.45) is 11.1. The molecule has 0 saturated heterocycles. The first-order valence-electron chi connectivity index (χ1n) is 7.67. The van der Waals surface area contributed by atoms with Gasteiger partial charge in [-0.15, -0.1) is 0 Å². The van der Waals surface area contributed by atoms with E-state index in [4.69, 9.17) is 0 Å². The summed E-state index contributed by atoms with van der Waals surface area (Å²) >= 11 is 0. The van der Waals surface area contributed by atoms with E-state index in [2.05, 4.69) is 12.2 Å². The smallest absolute Gasteiger partial charge is 0.323 e. The minimum Gasteiger partial charge on any atom is -0.480 e. The summed E-state index contributed by atoms with van der Waals surface area (Å²) in [5.41, 5.74) is -0.612. The lowest BCUT2D eigenvalue weighted by atomic mass is 9.74. The molecule has 104 valence electrons. The van der Waals surface area contributed by atoms with Gasteiger partial charge >= 0.3 is 5.97 Å². The van der Waals surface area contributed by atoms with Crippen molar-refractivity contribution in [1.29, 1.82) is 0 Å². The van der Waals surface area contributed by atoms with Gasteiger partial charge in [-0.05, 0) is 44.4 Å². The highest BCUT2D eigenvalue weighted by Gasteiger charge is 2.43. The van der Waals surface area contributed by atoms with Gasteiger partial charge in [0, 0.05) is 6.04 Å². The highest BCUT2D eigenvalue weighted by molar-refractivity contribution is 5.79. The second-order valence-electron chi connectivity index (χ2n) is 6.25. The molecule has 2 aliphatic rings. The lowest BCUT2D eigenvalue weighted by Crippen LogP contribution is -2.57. The molecule has 0 heterocycles. The van der Waals surface area contributed by atoms with E-state index in [9.17, 15) is 9.90 Å². The van der Waals surface area contributed by atoms with E-state index in [1.165, 1.54) is 25.7 Å². The van der Waals surface area contributed by atoms with Crippen LogP contribution < -0.4 is 5.32 Å². The predicted molar refractivity (Wildman–Crippen MR) is 72.6 cm³/mol. The maximum Gasteiger partial charge on any atom is 0.323 e. The van der Waals surface area contributed by atoms with Crippen LogP contribution in [-0.4, -0.2) is 22.7 Å². The van der Waals surface area contributed by atoms with Crippen LogP contribution in [0.2, 0.25) is 0 Å². The number of carboxylic acid groups (broad SMARTS) is 1. The number of carboxylic acids is 1. The van der Waals surface area contributed by atoms with Gasteiger partial charge in [0.05, 0.1) is 0 Å². The van der Waals surface area contributed by atoms with Crippen molar-refractivity contribution in [3.05, 3.63) is 0 Å². The van der Waals surface area contributed by atoms with Gasteiger partial charge in [0.25, 0.3) is 0 Å². The Hall–Kier alpha value is -0.570. The molecule has 0 unspecified atom stereocenters. The van der Waals surface area contributed by atoms with Crippen molar-refractivity contribution in [2.45, 2.75) is 82.7 Å². The summed E-state index contributed by atoms with van der Waals surface area (Å²) in [5.74, 6) is 0.136. The Labute approximate surface area is 110 Å². The summed E-state index contributed by atoms with van der Waals surface area (Å²) in [4.78, 5) is 11.7. The third-order valence-electron chi connectivity index (χ3n) is 4.90. The molecule has 0 amide bonds. The zero-order chi connectivity index (χ0) is 13.0. The first kappa shape index (κ1) is 13.9. The van der Waals surface area contributed by atoms with Crippen LogP contribution in [-0.2, 0) is 4.79 Å². The summed E-state index contributed by atoms with van der Waals surface area (Å²) in [6, 6.07) is 0.448. The van der Waals surface area contributed by atoms with Crippen LogP contribution in [0.15, 0.2) is 0 Å². The Kier molecular flexibility index (Phi) is 4.66. The maximum atomic E-state index is 11.7. The van der Waals surface area contributed by atoms with Gasteiger partial charge in [-0.2, -0.15) is 0 Å². The fraction of sp³-hybridized carbons (Fsp3) is 0.933. The van der Waals surface area contributed by atoms with Crippen molar-refractivity contribution < 1.29 is 9.90 Å². The number of carbonyl (C=O) groups is 1. The molecule has 0 spiro atoms. The number of hydrogen-bond acceptors (Lipinski definition) is 2. The van der Waals surface area contributed by atoms with Gasteiger partial charge < -0.3 is 5.11 Å². The average Bonchev–Trinajstić information content (AvgIpc) is 2.84. The second-order valence-corrected chi connectivity index (χ2v) is 6.25. The monoisotopic (exact) mass is 253 g/mol. The molecule has 2 rings (SSSR count). The van der Waals surface area contributed by atoms with Gasteiger partial charge in [-0.3, -0.25) is 10.1 Å². The van der Waals surface area contributed by atoms with Crippen molar-refractivity contribution in [3.8, 4) is 0 Å². The SMILES string of the molecule is CCCC1CCC(NC2CCCC2)(C(=O)O)CC1. The van der Waals surface area contributed by atoms with Crippen molar-refractivity contribution >= 4 is 5.97 Å². The van der Waals surface area contributed by atoms with Crippen LogP contribution in [0.25, 0.3) is 0 Å². The van der Waals surface area contributed by atoms with Crippen LogP contribution in [0.1, 0.15) is 71.1 Å². The van der Waals surface area contributed by atoms with E-state index in [-0.39, 0.29) is 0 Å². The molecule has 0 aromatic heterocycles. The van der Waals surface area contributed by atoms with Gasteiger partial charge in [0.15, 0.2) is 0 Å². The number of nitrogens with one attached hydrogen (secondary N) is 1. The molecule has 0 aromatic carbocycles. The summed E-state index contributed by atoms with van der Waals surface area (Å²) in [7, 11) is 0. The first-order chi connectivity index (χ1) is 8.66. The molecular weight excluding hydrogens is 226 g/mol. The summed E-state index contributed by atoms with van der Waals surface area (Å²) in [6.45, 7) is 2.22. The lowest BCUT2D eigenvalue weighted by molar-refractivity contribution is -0.147. The van der Waals surface area contributed by atoms with E-state index < -0.39 is 11.5 Å². The fourth-order valence-electron chi connectivity index (χ4n) is 3.75. The van der Waals surface area contributed by atoms with Crippen LogP contribution >= 0.6 is 0 Å². The van der Waals surface area contributed by atoms with Gasteiger partial charge in [-0.25, -0.2) is 0 Å². The molecule has 2 saturated carbocycles. The van der Waals surface area contributed by atoms with E-state index in [0.717, 1.165) is 44.4 Å². The molecule has 0 atom stereocenters. The Morgan fingerprint density at radius 1 is 1.22 bits per heavy atom. The summed E-state index contributed by atoms with van der Waals surface area (Å²) in [5, 5.41) is 13.1. The highest BCUT2D eigenvalue weighted by Crippen LogP contribution is 2.36. The highest BCUT2D eigenvalue weighted by atomic mass is 16.4. The molecule has 2 fully saturated rings. The molecule has 0 aliphatic heterocycles. The Morgan fingerprint density at radius 3 is 2.33 bits per heavy atom. The Morgan fingerprint density at radius 2 is 1.83 bits per heavy atom. The Bertz CT molecular complexity index is 276. The molecule has 18 heavy (non-hydrogen) atoms. The van der Waals surface area contributed by atoms with Crippen LogP contribution in [0, 0.1) is 5.92 Å². The van der Waals surface area contributed by atoms with Crippen LogP contribution in [0.4, 0.5) is 0 Å². The van der Waals surface area contributed by atoms with Crippen LogP contribution in [0.3, 0.4) is 0 Å². The van der Waals surface area contributed by atoms with Crippen LogP contribution in [0.5, 0.6) is 0 Å². The Balaban J connectivity index is 1.94. The molecular formula is C15H27NO2. The average molecular weight is 253 g/mol. The molecule has 3 nitrogen and oxygen atoms in total. The summed E-state index contributed by atoms with van der Waals surface area (Å²) < 4.78 is 0. The first-order valence-corrected chi connectivity index (χ1v) is 7.67. The largest absolute Gasteiger partial charge is 0.480 e. The topological polar surface area (TPSA) is 49.3 Å². The van der Waals surface area contributed by atoms with Gasteiger partial charge in [-0.1, -0.05) is 32.6 Å². The van der Waals surface area contributed by atoms with Crippen molar-refractivity contribution in [1.82, 2.24) is 5.32 Å². The van der Waals surface area contributed by atoms with Crippen molar-refractivity contribution in [2.75, 3.05) is 0 Å². The minimum atomic E-state index is -0.621. The van der Waals surface area contributed by atoms with Crippen molar-refractivity contribution in [2.24, 2.45) is 5.92 Å². The van der Waals surface area contributed by atoms with E-state index in [0.29, 0.717) is 6.04 Å². The molecule has 3 heteroatoms. The zero-order valence-electron chi connectivity index (χ0n) is 11.6. The van der Waals surface area contributed by atoms with Gasteiger partial charge in [0.1, 0.15) is 5.54 Å². The lowest BCUT2D eigenvalue weighted by Gasteiger charge is -2.39. The molecule has 0 radical (unpaired) electrons. The molecule has 0 aromatic rings. The quantitative estimate of drug-likeness (QED) is 0.790. The minimum absolute atomic E-state index is 0.448. The van der Waals surface area contributed by atoms with Crippen molar-refractivity contribution in [3.63, 3.8) is 0 Å². The molecule has 0 bridgehead atoms. The zero-order valence-corrected chi connectivity index (χ0v) is 11.6. The third-order valence-corrected chi connectivity index (χ3v) is 4.90. The number of hydrogen-bond donors (Lipinski definition) is 2. The predicted octanol–water partition coefficient (Wildman–Crippen LogP) is 3.33. The molecule has 2 N–H and O–H groups in total. The maximum absolute atomic E-state index is 11.7. The number of aliphatic carboxylic acids is 1. The van der Waals surface area contributed by atoms with E-state index in [1.54, 1.807) is 0 Å². The van der Waals surface area contributed by atoms with E-state index in [1.807, 2.05) is 0 Å². The van der Waals surface area contributed by atoms with Gasteiger partial charge in [0.2, 0.25) is 0 Å².